The zero-order valence-corrected chi connectivity index (χ0v) is 21.3. The minimum absolute atomic E-state index is 0.0538. The van der Waals surface area contributed by atoms with Gasteiger partial charge in [0, 0.05) is 24.4 Å². The first-order chi connectivity index (χ1) is 18.9. The second kappa shape index (κ2) is 12.0. The van der Waals surface area contributed by atoms with Crippen LogP contribution in [0.5, 0.6) is 5.75 Å². The largest absolute Gasteiger partial charge is 0.573 e. The number of allylic oxidation sites excluding steroid dienone is 1. The lowest BCUT2D eigenvalue weighted by Gasteiger charge is -2.20. The number of benzene rings is 2. The van der Waals surface area contributed by atoms with Crippen LogP contribution in [0.2, 0.25) is 5.02 Å². The molecule has 0 saturated carbocycles. The number of anilines is 1. The van der Waals surface area contributed by atoms with Crippen LogP contribution in [0.25, 0.3) is 5.83 Å². The number of ketones is 1. The topological polar surface area (TPSA) is 42.4 Å². The third-order valence-electron chi connectivity index (χ3n) is 5.53. The fourth-order valence-electron chi connectivity index (χ4n) is 3.67. The predicted molar refractivity (Wildman–Crippen MR) is 129 cm³/mol. The first-order valence-corrected chi connectivity index (χ1v) is 11.6. The molecule has 0 N–H and O–H groups in total. The lowest BCUT2D eigenvalue weighted by Crippen LogP contribution is -2.28. The summed E-state index contributed by atoms with van der Waals surface area (Å²) in [5.41, 5.74) is -4.17. The van der Waals surface area contributed by atoms with Gasteiger partial charge in [0.1, 0.15) is 23.3 Å². The molecule has 3 aromatic rings. The van der Waals surface area contributed by atoms with Crippen LogP contribution in [-0.2, 0) is 6.18 Å². The van der Waals surface area contributed by atoms with Gasteiger partial charge in [-0.2, -0.15) is 26.3 Å². The number of pyridine rings is 1. The number of aromatic nitrogens is 1. The number of Topliss-reactive ketones (excluding diaryl/α,β-unsaturated/α-hetero) is 1. The quantitative estimate of drug-likeness (QED) is 0.188. The number of nitrogens with zero attached hydrogens (tertiary/aromatic N) is 2. The molecule has 0 aliphatic rings. The normalized spacial score (nSPS) is 13.6. The molecule has 0 aliphatic heterocycles. The van der Waals surface area contributed by atoms with Crippen LogP contribution in [0.3, 0.4) is 0 Å². The van der Waals surface area contributed by atoms with Crippen LogP contribution < -0.4 is 9.64 Å². The Hall–Kier alpha value is -3.81. The molecule has 4 nitrogen and oxygen atoms in total. The van der Waals surface area contributed by atoms with Crippen LogP contribution in [0.15, 0.2) is 66.9 Å². The highest BCUT2D eigenvalue weighted by atomic mass is 35.5. The van der Waals surface area contributed by atoms with Gasteiger partial charge in [-0.05, 0) is 42.0 Å². The molecular weight excluding hydrogens is 598 g/mol. The monoisotopic (exact) mass is 614 g/mol. The predicted octanol–water partition coefficient (Wildman–Crippen LogP) is 8.63. The third-order valence-corrected chi connectivity index (χ3v) is 5.82. The van der Waals surface area contributed by atoms with Crippen molar-refractivity contribution in [3.63, 3.8) is 0 Å². The zero-order chi connectivity index (χ0) is 30.8. The van der Waals surface area contributed by atoms with Crippen molar-refractivity contribution in [3.8, 4) is 5.75 Å². The molecule has 0 spiro atoms. The molecule has 220 valence electrons. The summed E-state index contributed by atoms with van der Waals surface area (Å²) < 4.78 is 139. The van der Waals surface area contributed by atoms with Crippen LogP contribution >= 0.6 is 11.6 Å². The maximum Gasteiger partial charge on any atom is 0.573 e. The SMILES string of the molecule is CN(CC(=O)c1ccc(/C(F)=C/C(c2ccc(OC(F)(F)F)c(Cl)c2)C(F)(F)F)cc1C(F)(F)F)c1ccccn1. The van der Waals surface area contributed by atoms with Gasteiger partial charge in [0.25, 0.3) is 0 Å². The van der Waals surface area contributed by atoms with Crippen molar-refractivity contribution in [2.45, 2.75) is 24.6 Å². The van der Waals surface area contributed by atoms with Crippen molar-refractivity contribution in [1.82, 2.24) is 4.98 Å². The van der Waals surface area contributed by atoms with Crippen LogP contribution in [0.4, 0.5) is 49.7 Å². The number of halogens is 11. The lowest BCUT2D eigenvalue weighted by atomic mass is 9.95. The Morgan fingerprint density at radius 2 is 1.68 bits per heavy atom. The molecule has 0 fully saturated rings. The lowest BCUT2D eigenvalue weighted by molar-refractivity contribution is -0.274. The van der Waals surface area contributed by atoms with Gasteiger partial charge >= 0.3 is 18.7 Å². The van der Waals surface area contributed by atoms with E-state index in [2.05, 4.69) is 9.72 Å². The smallest absolute Gasteiger partial charge is 0.404 e. The summed E-state index contributed by atoms with van der Waals surface area (Å²) in [6, 6.07) is 7.71. The summed E-state index contributed by atoms with van der Waals surface area (Å²) in [6.07, 6.45) is -14.3. The zero-order valence-electron chi connectivity index (χ0n) is 20.5. The van der Waals surface area contributed by atoms with Crippen molar-refractivity contribution < 1.29 is 53.4 Å². The van der Waals surface area contributed by atoms with Gasteiger partial charge in [-0.25, -0.2) is 9.37 Å². The Morgan fingerprint density at radius 1 is 1.00 bits per heavy atom. The summed E-state index contributed by atoms with van der Waals surface area (Å²) in [5.74, 6) is -6.32. The van der Waals surface area contributed by atoms with Crippen molar-refractivity contribution in [2.75, 3.05) is 18.5 Å². The van der Waals surface area contributed by atoms with Gasteiger partial charge in [0.15, 0.2) is 5.78 Å². The van der Waals surface area contributed by atoms with E-state index in [0.717, 1.165) is 0 Å². The number of hydrogen-bond donors (Lipinski definition) is 0. The van der Waals surface area contributed by atoms with Gasteiger partial charge in [-0.3, -0.25) is 4.79 Å². The van der Waals surface area contributed by atoms with E-state index >= 15 is 4.39 Å². The van der Waals surface area contributed by atoms with Crippen LogP contribution in [-0.4, -0.2) is 36.9 Å². The van der Waals surface area contributed by atoms with E-state index in [9.17, 15) is 44.3 Å². The van der Waals surface area contributed by atoms with E-state index in [1.54, 1.807) is 12.1 Å². The maximum absolute atomic E-state index is 15.0. The number of carbonyl (C=O) groups excluding carboxylic acids is 1. The minimum atomic E-state index is -5.23. The Labute approximate surface area is 230 Å². The van der Waals surface area contributed by atoms with Crippen molar-refractivity contribution in [2.24, 2.45) is 0 Å². The number of likely N-dealkylation sites (N-methyl/N-ethyl adjacent to an activating group) is 1. The molecule has 1 unspecified atom stereocenters. The molecule has 2 aromatic carbocycles. The highest BCUT2D eigenvalue weighted by molar-refractivity contribution is 6.32. The Morgan fingerprint density at radius 3 is 2.22 bits per heavy atom. The van der Waals surface area contributed by atoms with Gasteiger partial charge in [0.05, 0.1) is 17.1 Å². The van der Waals surface area contributed by atoms with Gasteiger partial charge in [0.2, 0.25) is 0 Å². The van der Waals surface area contributed by atoms with Gasteiger partial charge in [-0.1, -0.05) is 35.9 Å². The molecule has 0 bridgehead atoms. The van der Waals surface area contributed by atoms with Crippen LogP contribution in [0.1, 0.15) is 33.0 Å². The van der Waals surface area contributed by atoms with Crippen molar-refractivity contribution >= 4 is 29.0 Å². The molecule has 1 heterocycles. The standard InChI is InChI=1S/C26H17ClF10N2O2/c1-39(23-4-2-3-9-38-23)13-21(40)16-7-5-15(10-18(16)25(32,33)34)20(28)12-17(24(29,30)31)14-6-8-22(19(27)11-14)41-26(35,36)37/h2-12,17H,13H2,1H3/b20-12-. The second-order valence-electron chi connectivity index (χ2n) is 8.50. The van der Waals surface area contributed by atoms with Gasteiger partial charge < -0.3 is 9.64 Å². The van der Waals surface area contributed by atoms with Crippen molar-refractivity contribution in [3.05, 3.63) is 94.1 Å². The molecule has 3 rings (SSSR count). The summed E-state index contributed by atoms with van der Waals surface area (Å²) in [7, 11) is 1.40. The molecule has 1 atom stereocenters. The fraction of sp³-hybridized carbons (Fsp3) is 0.231. The van der Waals surface area contributed by atoms with Crippen LogP contribution in [0, 0.1) is 0 Å². The Kier molecular flexibility index (Phi) is 9.26. The molecule has 0 amide bonds. The molecule has 0 radical (unpaired) electrons. The Bertz CT molecular complexity index is 1420. The first-order valence-electron chi connectivity index (χ1n) is 11.2. The van der Waals surface area contributed by atoms with E-state index in [-0.39, 0.29) is 18.0 Å². The molecular formula is C26H17ClF10N2O2. The Balaban J connectivity index is 1.98. The summed E-state index contributed by atoms with van der Waals surface area (Å²) in [5, 5.41) is -0.874. The molecule has 0 aliphatic carbocycles. The second-order valence-corrected chi connectivity index (χ2v) is 8.90. The van der Waals surface area contributed by atoms with E-state index < -0.39 is 75.8 Å². The molecule has 1 aromatic heterocycles. The van der Waals surface area contributed by atoms with E-state index in [0.29, 0.717) is 30.3 Å². The summed E-state index contributed by atoms with van der Waals surface area (Å²) in [6.45, 7) is -0.553. The highest BCUT2D eigenvalue weighted by Gasteiger charge is 2.41. The highest BCUT2D eigenvalue weighted by Crippen LogP contribution is 2.42. The minimum Gasteiger partial charge on any atom is -0.404 e. The van der Waals surface area contributed by atoms with Crippen molar-refractivity contribution in [1.29, 1.82) is 0 Å². The third kappa shape index (κ3) is 8.35. The van der Waals surface area contributed by atoms with E-state index in [1.165, 1.54) is 24.2 Å². The average molecular weight is 615 g/mol. The van der Waals surface area contributed by atoms with Gasteiger partial charge in [-0.15, -0.1) is 13.2 Å². The molecule has 15 heteroatoms. The van der Waals surface area contributed by atoms with E-state index in [1.807, 2.05) is 0 Å². The molecule has 0 saturated heterocycles. The number of rotatable bonds is 8. The summed E-state index contributed by atoms with van der Waals surface area (Å²) >= 11 is 5.61. The number of hydrogen-bond acceptors (Lipinski definition) is 4. The fourth-order valence-corrected chi connectivity index (χ4v) is 3.90. The number of carbonyl (C=O) groups is 1. The number of alkyl halides is 9. The maximum atomic E-state index is 15.0. The van der Waals surface area contributed by atoms with E-state index in [4.69, 9.17) is 11.6 Å². The average Bonchev–Trinajstić information content (AvgIpc) is 2.86. The molecule has 41 heavy (non-hydrogen) atoms. The number of ether oxygens (including phenoxy) is 1. The summed E-state index contributed by atoms with van der Waals surface area (Å²) in [4.78, 5) is 17.9. The first kappa shape index (κ1) is 31.7.